The Balaban J connectivity index is 1.19. The Kier molecular flexibility index (Phi) is 6.19. The van der Waals surface area contributed by atoms with Crippen LogP contribution in [0.25, 0.3) is 10.9 Å². The lowest BCUT2D eigenvalue weighted by atomic mass is 9.85. The number of hydrogen-bond donors (Lipinski definition) is 2. The Labute approximate surface area is 201 Å². The molecule has 10 nitrogen and oxygen atoms in total. The first-order chi connectivity index (χ1) is 16.9. The second-order valence-corrected chi connectivity index (χ2v) is 9.26. The molecule has 4 amide bonds. The highest BCUT2D eigenvalue weighted by atomic mass is 16.2. The molecular formula is C25H27N5O5. The van der Waals surface area contributed by atoms with Crippen molar-refractivity contribution in [2.75, 3.05) is 6.54 Å². The molecule has 3 aliphatic rings. The first-order valence-electron chi connectivity index (χ1n) is 12.1. The van der Waals surface area contributed by atoms with Gasteiger partial charge in [-0.05, 0) is 43.9 Å². The van der Waals surface area contributed by atoms with E-state index in [0.29, 0.717) is 30.3 Å². The standard InChI is InChI=1S/C25H27N5O5/c31-21(11-13-30-23(33)16-6-3-4-7-17(16)24(30)34)27-28-22(32)15-9-10-18-19(14-15)26-20-8-2-1-5-12-29(20)25(18)35/h3-4,9-10,14,16-17H,1-2,5-8,11-13H2,(H,27,31)(H,28,32)/t16-,17-/m1/s1. The van der Waals surface area contributed by atoms with E-state index in [2.05, 4.69) is 15.8 Å². The molecule has 1 aromatic carbocycles. The highest BCUT2D eigenvalue weighted by Crippen LogP contribution is 2.34. The molecule has 5 rings (SSSR count). The average Bonchev–Trinajstić information content (AvgIpc) is 3.00. The van der Waals surface area contributed by atoms with Gasteiger partial charge in [0.2, 0.25) is 17.7 Å². The zero-order chi connectivity index (χ0) is 24.5. The van der Waals surface area contributed by atoms with Crippen LogP contribution >= 0.6 is 0 Å². The van der Waals surface area contributed by atoms with E-state index in [1.807, 2.05) is 12.2 Å². The van der Waals surface area contributed by atoms with Gasteiger partial charge in [0.1, 0.15) is 5.82 Å². The molecule has 1 aliphatic carbocycles. The summed E-state index contributed by atoms with van der Waals surface area (Å²) in [4.78, 5) is 68.5. The van der Waals surface area contributed by atoms with Gasteiger partial charge in [-0.25, -0.2) is 4.98 Å². The van der Waals surface area contributed by atoms with Crippen LogP contribution in [0.2, 0.25) is 0 Å². The third-order valence-corrected chi connectivity index (χ3v) is 7.06. The van der Waals surface area contributed by atoms with E-state index in [0.717, 1.165) is 36.4 Å². The molecule has 0 saturated carbocycles. The summed E-state index contributed by atoms with van der Waals surface area (Å²) in [6.07, 6.45) is 8.47. The summed E-state index contributed by atoms with van der Waals surface area (Å²) in [6.45, 7) is 0.625. The Hall–Kier alpha value is -3.82. The second-order valence-electron chi connectivity index (χ2n) is 9.26. The minimum atomic E-state index is -0.553. The molecule has 2 N–H and O–H groups in total. The number of carbonyl (C=O) groups is 4. The summed E-state index contributed by atoms with van der Waals surface area (Å²) >= 11 is 0. The van der Waals surface area contributed by atoms with E-state index in [1.165, 1.54) is 6.07 Å². The fraction of sp³-hybridized carbons (Fsp3) is 0.440. The lowest BCUT2D eigenvalue weighted by molar-refractivity contribution is -0.140. The summed E-state index contributed by atoms with van der Waals surface area (Å²) in [5.74, 6) is -1.48. The highest BCUT2D eigenvalue weighted by Gasteiger charge is 2.46. The number of likely N-dealkylation sites (tertiary alicyclic amines) is 1. The van der Waals surface area contributed by atoms with Gasteiger partial charge in [-0.2, -0.15) is 0 Å². The number of benzene rings is 1. The smallest absolute Gasteiger partial charge is 0.269 e. The normalized spacial score (nSPS) is 21.4. The molecule has 2 aliphatic heterocycles. The minimum Gasteiger partial charge on any atom is -0.296 e. The van der Waals surface area contributed by atoms with Gasteiger partial charge in [0, 0.05) is 31.5 Å². The maximum absolute atomic E-state index is 12.8. The largest absolute Gasteiger partial charge is 0.296 e. The van der Waals surface area contributed by atoms with Crippen LogP contribution in [0.5, 0.6) is 0 Å². The predicted molar refractivity (Wildman–Crippen MR) is 126 cm³/mol. The van der Waals surface area contributed by atoms with E-state index in [9.17, 15) is 24.0 Å². The van der Waals surface area contributed by atoms with Gasteiger partial charge in [0.05, 0.1) is 22.7 Å². The lowest BCUT2D eigenvalue weighted by Gasteiger charge is -2.14. The highest BCUT2D eigenvalue weighted by molar-refractivity contribution is 6.05. The first-order valence-corrected chi connectivity index (χ1v) is 12.1. The van der Waals surface area contributed by atoms with E-state index in [-0.39, 0.29) is 47.7 Å². The van der Waals surface area contributed by atoms with Crippen molar-refractivity contribution in [1.29, 1.82) is 0 Å². The number of nitrogens with zero attached hydrogens (tertiary/aromatic N) is 3. The molecule has 1 aromatic heterocycles. The van der Waals surface area contributed by atoms with E-state index in [4.69, 9.17) is 0 Å². The van der Waals surface area contributed by atoms with Crippen LogP contribution < -0.4 is 16.4 Å². The SMILES string of the molecule is O=C(CCN1C(=O)[C@@H]2CC=CC[C@H]2C1=O)NNC(=O)c1ccc2c(=O)n3c(nc2c1)CCCCC3. The lowest BCUT2D eigenvalue weighted by Crippen LogP contribution is -2.43. The van der Waals surface area contributed by atoms with Crippen molar-refractivity contribution in [3.63, 3.8) is 0 Å². The van der Waals surface area contributed by atoms with Crippen molar-refractivity contribution in [2.45, 2.75) is 51.5 Å². The van der Waals surface area contributed by atoms with Gasteiger partial charge < -0.3 is 0 Å². The molecule has 0 radical (unpaired) electrons. The number of allylic oxidation sites excluding steroid dienone is 2. The Bertz CT molecular complexity index is 1290. The van der Waals surface area contributed by atoms with E-state index < -0.39 is 11.8 Å². The summed E-state index contributed by atoms with van der Waals surface area (Å²) in [5, 5.41) is 0.451. The summed E-state index contributed by atoms with van der Waals surface area (Å²) < 4.78 is 1.72. The van der Waals surface area contributed by atoms with Crippen LogP contribution in [-0.4, -0.2) is 44.6 Å². The quantitative estimate of drug-likeness (QED) is 0.387. The van der Waals surface area contributed by atoms with Gasteiger partial charge in [-0.3, -0.25) is 44.3 Å². The number of nitrogens with one attached hydrogen (secondary N) is 2. The van der Waals surface area contributed by atoms with Crippen molar-refractivity contribution in [2.24, 2.45) is 11.8 Å². The van der Waals surface area contributed by atoms with Gasteiger partial charge in [-0.15, -0.1) is 0 Å². The van der Waals surface area contributed by atoms with Crippen molar-refractivity contribution in [3.8, 4) is 0 Å². The number of hydrazine groups is 1. The van der Waals surface area contributed by atoms with Crippen LogP contribution in [0.15, 0.2) is 35.1 Å². The number of imide groups is 1. The van der Waals surface area contributed by atoms with E-state index in [1.54, 1.807) is 16.7 Å². The number of amides is 4. The number of carbonyl (C=O) groups excluding carboxylic acids is 4. The van der Waals surface area contributed by atoms with Crippen LogP contribution in [-0.2, 0) is 27.3 Å². The van der Waals surface area contributed by atoms with Crippen LogP contribution in [0.3, 0.4) is 0 Å². The molecule has 2 atom stereocenters. The van der Waals surface area contributed by atoms with Crippen LogP contribution in [0.4, 0.5) is 0 Å². The predicted octanol–water partition coefficient (Wildman–Crippen LogP) is 1.23. The third-order valence-electron chi connectivity index (χ3n) is 7.06. The number of aryl methyl sites for hydroxylation is 1. The molecule has 1 saturated heterocycles. The molecule has 1 fully saturated rings. The minimum absolute atomic E-state index is 0.0265. The van der Waals surface area contributed by atoms with Crippen molar-refractivity contribution >= 4 is 34.5 Å². The molecule has 182 valence electrons. The molecular weight excluding hydrogens is 450 g/mol. The fourth-order valence-corrected chi connectivity index (χ4v) is 5.12. The second kappa shape index (κ2) is 9.44. The zero-order valence-corrected chi connectivity index (χ0v) is 19.3. The third kappa shape index (κ3) is 4.36. The van der Waals surface area contributed by atoms with E-state index >= 15 is 0 Å². The monoisotopic (exact) mass is 477 g/mol. The van der Waals surface area contributed by atoms with Gasteiger partial charge in [-0.1, -0.05) is 18.6 Å². The number of hydrogen-bond acceptors (Lipinski definition) is 6. The van der Waals surface area contributed by atoms with Gasteiger partial charge >= 0.3 is 0 Å². The summed E-state index contributed by atoms with van der Waals surface area (Å²) in [7, 11) is 0. The maximum Gasteiger partial charge on any atom is 0.269 e. The number of fused-ring (bicyclic) bond motifs is 3. The molecule has 3 heterocycles. The van der Waals surface area contributed by atoms with Gasteiger partial charge in [0.25, 0.3) is 11.5 Å². The summed E-state index contributed by atoms with van der Waals surface area (Å²) in [6, 6.07) is 4.65. The van der Waals surface area contributed by atoms with Crippen molar-refractivity contribution in [1.82, 2.24) is 25.3 Å². The fourth-order valence-electron chi connectivity index (χ4n) is 5.12. The maximum atomic E-state index is 12.8. The average molecular weight is 478 g/mol. The Morgan fingerprint density at radius 3 is 2.46 bits per heavy atom. The van der Waals surface area contributed by atoms with Crippen molar-refractivity contribution in [3.05, 3.63) is 52.1 Å². The first kappa shape index (κ1) is 22.9. The number of aromatic nitrogens is 2. The van der Waals surface area contributed by atoms with Gasteiger partial charge in [0.15, 0.2) is 0 Å². The topological polar surface area (TPSA) is 130 Å². The molecule has 35 heavy (non-hydrogen) atoms. The van der Waals surface area contributed by atoms with Crippen LogP contribution in [0, 0.1) is 11.8 Å². The zero-order valence-electron chi connectivity index (χ0n) is 19.3. The van der Waals surface area contributed by atoms with Crippen molar-refractivity contribution < 1.29 is 19.2 Å². The van der Waals surface area contributed by atoms with Crippen LogP contribution in [0.1, 0.15) is 54.7 Å². The molecule has 0 bridgehead atoms. The Morgan fingerprint density at radius 2 is 1.71 bits per heavy atom. The molecule has 0 unspecified atom stereocenters. The molecule has 2 aromatic rings. The molecule has 0 spiro atoms. The Morgan fingerprint density at radius 1 is 0.971 bits per heavy atom. The molecule has 10 heteroatoms. The summed E-state index contributed by atoms with van der Waals surface area (Å²) in [5.41, 5.74) is 5.28. The number of rotatable bonds is 4.